The molecule has 2 rings (SSSR count). The highest BCUT2D eigenvalue weighted by Crippen LogP contribution is 2.27. The number of hydrogen-bond donors (Lipinski definition) is 1. The van der Waals surface area contributed by atoms with Crippen molar-refractivity contribution in [2.75, 3.05) is 11.9 Å². The van der Waals surface area contributed by atoms with Crippen LogP contribution in [0.4, 0.5) is 5.69 Å². The lowest BCUT2D eigenvalue weighted by Gasteiger charge is -2.11. The van der Waals surface area contributed by atoms with Crippen LogP contribution in [0.25, 0.3) is 0 Å². The van der Waals surface area contributed by atoms with E-state index in [1.807, 2.05) is 31.1 Å². The zero-order chi connectivity index (χ0) is 12.3. The number of aromatic nitrogens is 1. The Morgan fingerprint density at radius 2 is 2.29 bits per heavy atom. The molecule has 1 atom stereocenters. The van der Waals surface area contributed by atoms with E-state index in [4.69, 9.17) is 0 Å². The van der Waals surface area contributed by atoms with E-state index in [-0.39, 0.29) is 0 Å². The van der Waals surface area contributed by atoms with Gasteiger partial charge in [-0.2, -0.15) is 0 Å². The molecule has 1 aromatic heterocycles. The second-order valence-electron chi connectivity index (χ2n) is 4.89. The first-order valence-corrected chi connectivity index (χ1v) is 6.91. The Hall–Kier alpha value is -1.03. The Morgan fingerprint density at radius 1 is 1.47 bits per heavy atom. The molecule has 2 heterocycles. The molecule has 92 valence electrons. The zero-order valence-electron chi connectivity index (χ0n) is 10.6. The maximum atomic E-state index is 4.54. The molecule has 1 unspecified atom stereocenters. The summed E-state index contributed by atoms with van der Waals surface area (Å²) in [6.07, 6.45) is 4.92. The summed E-state index contributed by atoms with van der Waals surface area (Å²) < 4.78 is 0. The fourth-order valence-electron chi connectivity index (χ4n) is 1.88. The first-order valence-electron chi connectivity index (χ1n) is 6.03. The molecule has 1 aromatic rings. The van der Waals surface area contributed by atoms with Crippen LogP contribution in [0.15, 0.2) is 23.5 Å². The Labute approximate surface area is 107 Å². The van der Waals surface area contributed by atoms with Crippen molar-refractivity contribution in [2.24, 2.45) is 10.9 Å². The average Bonchev–Trinajstić information content (AvgIpc) is 2.64. The third-order valence-corrected chi connectivity index (χ3v) is 3.71. The Kier molecular flexibility index (Phi) is 4.05. The Balaban J connectivity index is 1.89. The van der Waals surface area contributed by atoms with E-state index in [2.05, 4.69) is 35.2 Å². The van der Waals surface area contributed by atoms with Crippen LogP contribution in [0.1, 0.15) is 25.8 Å². The minimum Gasteiger partial charge on any atom is -0.334 e. The largest absolute Gasteiger partial charge is 0.334 e. The summed E-state index contributed by atoms with van der Waals surface area (Å²) in [7, 11) is 0. The Bertz CT molecular complexity index is 415. The van der Waals surface area contributed by atoms with Gasteiger partial charge in [-0.3, -0.25) is 9.98 Å². The van der Waals surface area contributed by atoms with Crippen molar-refractivity contribution in [1.29, 1.82) is 0 Å². The quantitative estimate of drug-likeness (QED) is 0.893. The van der Waals surface area contributed by atoms with Crippen molar-refractivity contribution in [1.82, 2.24) is 4.98 Å². The van der Waals surface area contributed by atoms with Gasteiger partial charge in [0.25, 0.3) is 0 Å². The fraction of sp³-hybridized carbons (Fsp3) is 0.538. The molecular formula is C13H19N3S. The molecule has 1 N–H and O–H groups in total. The molecule has 0 saturated carbocycles. The van der Waals surface area contributed by atoms with Crippen LogP contribution in [-0.2, 0) is 0 Å². The van der Waals surface area contributed by atoms with Gasteiger partial charge in [-0.05, 0) is 30.9 Å². The highest BCUT2D eigenvalue weighted by atomic mass is 32.2. The van der Waals surface area contributed by atoms with E-state index >= 15 is 0 Å². The molecular weight excluding hydrogens is 230 g/mol. The van der Waals surface area contributed by atoms with Gasteiger partial charge in [0, 0.05) is 11.4 Å². The standard InChI is InChI=1S/C13H19N3S/c1-9(2)4-12-8-15-13(17-12)16-11-5-10(3)6-14-7-11/h5-7,9,12H,4,8H2,1-3H3,(H,15,16). The van der Waals surface area contributed by atoms with Crippen molar-refractivity contribution in [2.45, 2.75) is 32.4 Å². The summed E-state index contributed by atoms with van der Waals surface area (Å²) in [6, 6.07) is 2.09. The number of aryl methyl sites for hydroxylation is 1. The monoisotopic (exact) mass is 249 g/mol. The number of pyridine rings is 1. The molecule has 3 nitrogen and oxygen atoms in total. The van der Waals surface area contributed by atoms with Gasteiger partial charge in [-0.15, -0.1) is 0 Å². The Morgan fingerprint density at radius 3 is 3.00 bits per heavy atom. The minimum atomic E-state index is 0.635. The van der Waals surface area contributed by atoms with E-state index in [9.17, 15) is 0 Å². The predicted molar refractivity (Wildman–Crippen MR) is 75.7 cm³/mol. The van der Waals surface area contributed by atoms with Crippen molar-refractivity contribution < 1.29 is 0 Å². The van der Waals surface area contributed by atoms with Crippen molar-refractivity contribution in [3.8, 4) is 0 Å². The number of rotatable bonds is 3. The number of thioether (sulfide) groups is 1. The average molecular weight is 249 g/mol. The van der Waals surface area contributed by atoms with E-state index < -0.39 is 0 Å². The van der Waals surface area contributed by atoms with Crippen LogP contribution in [0.3, 0.4) is 0 Å². The zero-order valence-corrected chi connectivity index (χ0v) is 11.4. The number of nitrogens with one attached hydrogen (secondary N) is 1. The maximum absolute atomic E-state index is 4.54. The van der Waals surface area contributed by atoms with Crippen molar-refractivity contribution in [3.05, 3.63) is 24.0 Å². The van der Waals surface area contributed by atoms with Crippen LogP contribution in [0.2, 0.25) is 0 Å². The third kappa shape index (κ3) is 3.73. The lowest BCUT2D eigenvalue weighted by molar-refractivity contribution is 0.575. The lowest BCUT2D eigenvalue weighted by atomic mass is 10.1. The van der Waals surface area contributed by atoms with E-state index in [0.717, 1.165) is 28.9 Å². The summed E-state index contributed by atoms with van der Waals surface area (Å²) in [5.74, 6) is 0.739. The molecule has 0 amide bonds. The second kappa shape index (κ2) is 5.54. The lowest BCUT2D eigenvalue weighted by Crippen LogP contribution is -2.09. The van der Waals surface area contributed by atoms with Gasteiger partial charge in [0.05, 0.1) is 18.4 Å². The molecule has 1 aliphatic rings. The van der Waals surface area contributed by atoms with E-state index in [0.29, 0.717) is 5.25 Å². The molecule has 4 heteroatoms. The number of amidine groups is 1. The van der Waals surface area contributed by atoms with Crippen LogP contribution < -0.4 is 5.32 Å². The number of anilines is 1. The number of nitrogens with zero attached hydrogens (tertiary/aromatic N) is 2. The highest BCUT2D eigenvalue weighted by molar-refractivity contribution is 8.15. The summed E-state index contributed by atoms with van der Waals surface area (Å²) >= 11 is 1.85. The number of aliphatic imine (C=N–C) groups is 1. The third-order valence-electron chi connectivity index (χ3n) is 2.58. The first kappa shape index (κ1) is 12.4. The molecule has 0 aromatic carbocycles. The smallest absolute Gasteiger partial charge is 0.161 e. The van der Waals surface area contributed by atoms with Crippen LogP contribution in [0.5, 0.6) is 0 Å². The molecule has 1 aliphatic heterocycles. The molecule has 0 bridgehead atoms. The van der Waals surface area contributed by atoms with E-state index in [1.165, 1.54) is 6.42 Å². The highest BCUT2D eigenvalue weighted by Gasteiger charge is 2.20. The van der Waals surface area contributed by atoms with Crippen LogP contribution in [0, 0.1) is 12.8 Å². The van der Waals surface area contributed by atoms with Gasteiger partial charge < -0.3 is 5.32 Å². The molecule has 17 heavy (non-hydrogen) atoms. The van der Waals surface area contributed by atoms with Gasteiger partial charge in [0.1, 0.15) is 0 Å². The summed E-state index contributed by atoms with van der Waals surface area (Å²) in [5.41, 5.74) is 2.19. The van der Waals surface area contributed by atoms with Crippen molar-refractivity contribution in [3.63, 3.8) is 0 Å². The van der Waals surface area contributed by atoms with Gasteiger partial charge in [-0.25, -0.2) is 0 Å². The summed E-state index contributed by atoms with van der Waals surface area (Å²) in [6.45, 7) is 7.50. The number of hydrogen-bond acceptors (Lipinski definition) is 4. The molecule has 0 aliphatic carbocycles. The maximum Gasteiger partial charge on any atom is 0.161 e. The van der Waals surface area contributed by atoms with Crippen LogP contribution in [-0.4, -0.2) is 21.9 Å². The van der Waals surface area contributed by atoms with E-state index in [1.54, 1.807) is 0 Å². The molecule has 0 fully saturated rings. The molecule has 0 saturated heterocycles. The van der Waals surface area contributed by atoms with Gasteiger partial charge >= 0.3 is 0 Å². The normalized spacial score (nSPS) is 19.5. The van der Waals surface area contributed by atoms with Gasteiger partial charge in [0.2, 0.25) is 0 Å². The topological polar surface area (TPSA) is 37.3 Å². The second-order valence-corrected chi connectivity index (χ2v) is 6.18. The predicted octanol–water partition coefficient (Wildman–Crippen LogP) is 3.32. The van der Waals surface area contributed by atoms with Crippen molar-refractivity contribution >= 4 is 22.6 Å². The minimum absolute atomic E-state index is 0.635. The molecule has 0 spiro atoms. The van der Waals surface area contributed by atoms with Gasteiger partial charge in [0.15, 0.2) is 5.17 Å². The van der Waals surface area contributed by atoms with Crippen LogP contribution >= 0.6 is 11.8 Å². The fourth-order valence-corrected chi connectivity index (χ4v) is 3.15. The molecule has 0 radical (unpaired) electrons. The SMILES string of the molecule is Cc1cncc(NC2=NCC(CC(C)C)S2)c1. The first-order chi connectivity index (χ1) is 8.13. The van der Waals surface area contributed by atoms with Gasteiger partial charge in [-0.1, -0.05) is 25.6 Å². The summed E-state index contributed by atoms with van der Waals surface area (Å²) in [5, 5.41) is 5.00. The summed E-state index contributed by atoms with van der Waals surface area (Å²) in [4.78, 5) is 8.70.